The minimum absolute atomic E-state index is 0.0829. The third-order valence-electron chi connectivity index (χ3n) is 4.16. The van der Waals surface area contributed by atoms with Gasteiger partial charge in [-0.05, 0) is 50.6 Å². The molecule has 0 fully saturated rings. The molecule has 1 aromatic carbocycles. The quantitative estimate of drug-likeness (QED) is 0.405. The highest BCUT2D eigenvalue weighted by molar-refractivity contribution is 9.10. The first-order valence-corrected chi connectivity index (χ1v) is 10.3. The van der Waals surface area contributed by atoms with Crippen LogP contribution in [0.25, 0.3) is 0 Å². The minimum Gasteiger partial charge on any atom is -0.462 e. The van der Waals surface area contributed by atoms with Crippen LogP contribution in [0.5, 0.6) is 0 Å². The molecule has 0 spiro atoms. The highest BCUT2D eigenvalue weighted by Crippen LogP contribution is 2.21. The van der Waals surface area contributed by atoms with Crippen LogP contribution in [0.3, 0.4) is 0 Å². The van der Waals surface area contributed by atoms with Gasteiger partial charge >= 0.3 is 17.9 Å². The lowest BCUT2D eigenvalue weighted by Gasteiger charge is -2.08. The minimum atomic E-state index is -0.717. The normalized spacial score (nSPS) is 10.3. The topological polar surface area (TPSA) is 124 Å². The average molecular weight is 495 g/mol. The molecular formula is C21H23BrN2O7. The summed E-state index contributed by atoms with van der Waals surface area (Å²) < 4.78 is 16.0. The molecule has 0 radical (unpaired) electrons. The number of esters is 3. The zero-order valence-electron chi connectivity index (χ0n) is 17.4. The fourth-order valence-corrected chi connectivity index (χ4v) is 2.98. The molecule has 9 nitrogen and oxygen atoms in total. The summed E-state index contributed by atoms with van der Waals surface area (Å²) in [5.74, 6) is -2.44. The van der Waals surface area contributed by atoms with Crippen molar-refractivity contribution >= 4 is 39.7 Å². The highest BCUT2D eigenvalue weighted by atomic mass is 79.9. The van der Waals surface area contributed by atoms with Crippen LogP contribution in [0.2, 0.25) is 0 Å². The van der Waals surface area contributed by atoms with Crippen molar-refractivity contribution in [2.24, 2.45) is 0 Å². The van der Waals surface area contributed by atoms with Crippen LogP contribution in [0.4, 0.5) is 0 Å². The molecule has 2 N–H and O–H groups in total. The molecular weight excluding hydrogens is 472 g/mol. The second-order valence-corrected chi connectivity index (χ2v) is 7.19. The van der Waals surface area contributed by atoms with Crippen molar-refractivity contribution in [2.45, 2.75) is 27.4 Å². The van der Waals surface area contributed by atoms with Crippen LogP contribution in [0.15, 0.2) is 28.7 Å². The Balaban J connectivity index is 2.05. The maximum Gasteiger partial charge on any atom is 0.355 e. The van der Waals surface area contributed by atoms with Crippen molar-refractivity contribution < 1.29 is 33.4 Å². The molecule has 0 saturated heterocycles. The summed E-state index contributed by atoms with van der Waals surface area (Å²) in [5, 5.41) is 2.46. The monoisotopic (exact) mass is 494 g/mol. The second-order valence-electron chi connectivity index (χ2n) is 6.27. The lowest BCUT2D eigenvalue weighted by Crippen LogP contribution is -2.30. The Hall–Kier alpha value is -3.14. The lowest BCUT2D eigenvalue weighted by atomic mass is 10.1. The molecule has 0 bridgehead atoms. The van der Waals surface area contributed by atoms with Crippen molar-refractivity contribution in [3.63, 3.8) is 0 Å². The maximum atomic E-state index is 12.3. The SMILES string of the molecule is CCOC(=O)c1[nH]c(COC(=O)CNC(=O)c2ccc(Br)cc2)c(C(=O)OCC)c1C. The Labute approximate surface area is 187 Å². The summed E-state index contributed by atoms with van der Waals surface area (Å²) in [6.07, 6.45) is 0. The molecule has 166 valence electrons. The number of H-pyrrole nitrogens is 1. The van der Waals surface area contributed by atoms with E-state index in [1.54, 1.807) is 45.0 Å². The summed E-state index contributed by atoms with van der Waals surface area (Å²) in [4.78, 5) is 51.4. The summed E-state index contributed by atoms with van der Waals surface area (Å²) in [6, 6.07) is 6.63. The summed E-state index contributed by atoms with van der Waals surface area (Å²) in [5.41, 5.74) is 1.12. The molecule has 2 rings (SSSR count). The first-order chi connectivity index (χ1) is 14.8. The number of carbonyl (C=O) groups is 4. The number of carbonyl (C=O) groups excluding carboxylic acids is 4. The van der Waals surface area contributed by atoms with E-state index < -0.39 is 23.8 Å². The van der Waals surface area contributed by atoms with Crippen molar-refractivity contribution in [3.05, 3.63) is 56.8 Å². The fraction of sp³-hybridized carbons (Fsp3) is 0.333. The molecule has 31 heavy (non-hydrogen) atoms. The van der Waals surface area contributed by atoms with Crippen LogP contribution >= 0.6 is 15.9 Å². The number of aromatic amines is 1. The molecule has 0 aliphatic carbocycles. The molecule has 0 unspecified atom stereocenters. The Morgan fingerprint density at radius 3 is 2.19 bits per heavy atom. The lowest BCUT2D eigenvalue weighted by molar-refractivity contribution is -0.143. The number of hydrogen-bond acceptors (Lipinski definition) is 7. The van der Waals surface area contributed by atoms with Crippen LogP contribution in [0, 0.1) is 6.92 Å². The summed E-state index contributed by atoms with van der Waals surface area (Å²) in [6.45, 7) is 4.50. The number of rotatable bonds is 9. The molecule has 1 aromatic heterocycles. The van der Waals surface area contributed by atoms with E-state index in [1.165, 1.54) is 0 Å². The van der Waals surface area contributed by atoms with Gasteiger partial charge in [0.25, 0.3) is 5.91 Å². The van der Waals surface area contributed by atoms with Gasteiger partial charge in [0.15, 0.2) is 0 Å². The van der Waals surface area contributed by atoms with Crippen molar-refractivity contribution in [2.75, 3.05) is 19.8 Å². The number of ether oxygens (including phenoxy) is 3. The van der Waals surface area contributed by atoms with Crippen LogP contribution in [-0.4, -0.2) is 48.6 Å². The third-order valence-corrected chi connectivity index (χ3v) is 4.69. The van der Waals surface area contributed by atoms with Gasteiger partial charge in [0.2, 0.25) is 0 Å². The molecule has 10 heteroatoms. The van der Waals surface area contributed by atoms with E-state index in [0.29, 0.717) is 11.1 Å². The number of amides is 1. The van der Waals surface area contributed by atoms with E-state index in [2.05, 4.69) is 26.2 Å². The van der Waals surface area contributed by atoms with E-state index in [0.717, 1.165) is 4.47 Å². The predicted octanol–water partition coefficient (Wildman–Crippen LogP) is 2.91. The zero-order chi connectivity index (χ0) is 23.0. The van der Waals surface area contributed by atoms with Crippen molar-refractivity contribution in [1.29, 1.82) is 0 Å². The van der Waals surface area contributed by atoms with Crippen LogP contribution in [0.1, 0.15) is 56.3 Å². The molecule has 2 aromatic rings. The molecule has 1 heterocycles. The number of benzene rings is 1. The number of aromatic nitrogens is 1. The zero-order valence-corrected chi connectivity index (χ0v) is 19.0. The number of nitrogens with one attached hydrogen (secondary N) is 2. The van der Waals surface area contributed by atoms with E-state index in [-0.39, 0.29) is 43.3 Å². The number of halogens is 1. The smallest absolute Gasteiger partial charge is 0.355 e. The summed E-state index contributed by atoms with van der Waals surface area (Å²) >= 11 is 3.28. The van der Waals surface area contributed by atoms with Gasteiger partial charge in [0.05, 0.1) is 24.5 Å². The van der Waals surface area contributed by atoms with Gasteiger partial charge in [-0.15, -0.1) is 0 Å². The summed E-state index contributed by atoms with van der Waals surface area (Å²) in [7, 11) is 0. The maximum absolute atomic E-state index is 12.3. The number of hydrogen-bond donors (Lipinski definition) is 2. The van der Waals surface area contributed by atoms with Gasteiger partial charge in [0.1, 0.15) is 18.8 Å². The Morgan fingerprint density at radius 2 is 1.58 bits per heavy atom. The largest absolute Gasteiger partial charge is 0.462 e. The average Bonchev–Trinajstić information content (AvgIpc) is 3.07. The standard InChI is InChI=1S/C21H23BrN2O7/c1-4-29-20(27)17-12(3)18(21(28)30-5-2)24-15(17)11-31-16(25)10-23-19(26)13-6-8-14(22)9-7-13/h6-9,24H,4-5,10-11H2,1-3H3,(H,23,26). The van der Waals surface area contributed by atoms with E-state index in [9.17, 15) is 19.2 Å². The van der Waals surface area contributed by atoms with Gasteiger partial charge in [0, 0.05) is 10.0 Å². The molecule has 0 saturated carbocycles. The first-order valence-electron chi connectivity index (χ1n) is 9.53. The van der Waals surface area contributed by atoms with Gasteiger partial charge in [-0.2, -0.15) is 0 Å². The Kier molecular flexibility index (Phi) is 8.80. The van der Waals surface area contributed by atoms with E-state index >= 15 is 0 Å². The van der Waals surface area contributed by atoms with Crippen molar-refractivity contribution in [3.8, 4) is 0 Å². The fourth-order valence-electron chi connectivity index (χ4n) is 2.71. The molecule has 0 atom stereocenters. The molecule has 0 aliphatic heterocycles. The van der Waals surface area contributed by atoms with E-state index in [1.807, 2.05) is 0 Å². The second kappa shape index (κ2) is 11.3. The van der Waals surface area contributed by atoms with Gasteiger partial charge in [-0.1, -0.05) is 15.9 Å². The highest BCUT2D eigenvalue weighted by Gasteiger charge is 2.26. The Morgan fingerprint density at radius 1 is 0.968 bits per heavy atom. The first kappa shape index (κ1) is 24.1. The predicted molar refractivity (Wildman–Crippen MR) is 114 cm³/mol. The van der Waals surface area contributed by atoms with Gasteiger partial charge < -0.3 is 24.5 Å². The van der Waals surface area contributed by atoms with Gasteiger partial charge in [-0.3, -0.25) is 9.59 Å². The van der Waals surface area contributed by atoms with Crippen molar-refractivity contribution in [1.82, 2.24) is 10.3 Å². The van der Waals surface area contributed by atoms with Crippen LogP contribution < -0.4 is 5.32 Å². The molecule has 1 amide bonds. The van der Waals surface area contributed by atoms with Gasteiger partial charge in [-0.25, -0.2) is 9.59 Å². The Bertz CT molecular complexity index is 967. The van der Waals surface area contributed by atoms with Crippen LogP contribution in [-0.2, 0) is 25.6 Å². The molecule has 0 aliphatic rings. The van der Waals surface area contributed by atoms with E-state index in [4.69, 9.17) is 14.2 Å². The third kappa shape index (κ3) is 6.42.